The van der Waals surface area contributed by atoms with E-state index in [0.29, 0.717) is 37.8 Å². The van der Waals surface area contributed by atoms with Crippen LogP contribution in [0.1, 0.15) is 51.4 Å². The Labute approximate surface area is 421 Å². The molecule has 4 heterocycles. The van der Waals surface area contributed by atoms with E-state index in [1.807, 2.05) is 88.7 Å². The van der Waals surface area contributed by atoms with Gasteiger partial charge in [0.1, 0.15) is 51.6 Å². The van der Waals surface area contributed by atoms with Crippen LogP contribution in [0.25, 0.3) is 10.4 Å². The van der Waals surface area contributed by atoms with Crippen LogP contribution < -0.4 is 40.5 Å². The fraction of sp³-hybridized carbons (Fsp3) is 0.408. The van der Waals surface area contributed by atoms with Crippen LogP contribution >= 0.6 is 34.5 Å². The number of carbonyl (C=O) groups is 4. The molecule has 2 aromatic heterocycles. The molecule has 2 aliphatic heterocycles. The van der Waals surface area contributed by atoms with E-state index in [-0.39, 0.29) is 64.6 Å². The summed E-state index contributed by atoms with van der Waals surface area (Å²) < 4.78 is 10.6. The van der Waals surface area contributed by atoms with E-state index in [0.717, 1.165) is 33.1 Å². The monoisotopic (exact) mass is 1020 g/mol. The molecule has 0 unspecified atom stereocenters. The summed E-state index contributed by atoms with van der Waals surface area (Å²) in [6.07, 6.45) is 0.564. The summed E-state index contributed by atoms with van der Waals surface area (Å²) in [5.41, 5.74) is 5.93. The summed E-state index contributed by atoms with van der Waals surface area (Å²) in [5.74, 6) is 0.235. The van der Waals surface area contributed by atoms with Crippen LogP contribution in [0.2, 0.25) is 10.0 Å². The Morgan fingerprint density at radius 3 is 2.17 bits per heavy atom. The second-order valence-corrected chi connectivity index (χ2v) is 20.0. The van der Waals surface area contributed by atoms with Crippen molar-refractivity contribution < 1.29 is 33.8 Å². The number of hydrogen-bond acceptors (Lipinski definition) is 14. The van der Waals surface area contributed by atoms with Gasteiger partial charge < -0.3 is 45.6 Å². The van der Waals surface area contributed by atoms with Gasteiger partial charge >= 0.3 is 6.03 Å². The van der Waals surface area contributed by atoms with Gasteiger partial charge in [-0.15, -0.1) is 11.3 Å². The maximum absolute atomic E-state index is 14.3. The molecule has 4 atom stereocenters. The predicted molar refractivity (Wildman–Crippen MR) is 274 cm³/mol. The number of hydrogen-bond donors (Lipinski definition) is 5. The van der Waals surface area contributed by atoms with Gasteiger partial charge in [-0.05, 0) is 54.7 Å². The number of aliphatic hydroxyl groups excluding tert-OH is 1. The molecule has 18 nitrogen and oxygen atoms in total. The Bertz CT molecular complexity index is 2650. The smallest absolute Gasteiger partial charge is 0.327 e. The highest BCUT2D eigenvalue weighted by Gasteiger charge is 2.45. The van der Waals surface area contributed by atoms with Gasteiger partial charge in [-0.25, -0.2) is 19.7 Å². The Hall–Kier alpha value is -6.25. The van der Waals surface area contributed by atoms with Crippen molar-refractivity contribution in [2.45, 2.75) is 65.3 Å². The number of nitrogens with zero attached hydrogens (tertiary/aromatic N) is 7. The summed E-state index contributed by atoms with van der Waals surface area (Å²) in [7, 11) is 4.42. The third kappa shape index (κ3) is 12.0. The Morgan fingerprint density at radius 2 is 1.57 bits per heavy atom. The molecule has 0 bridgehead atoms. The van der Waals surface area contributed by atoms with E-state index in [1.165, 1.54) is 36.4 Å². The first-order chi connectivity index (χ1) is 33.3. The van der Waals surface area contributed by atoms with E-state index in [2.05, 4.69) is 46.0 Å². The average Bonchev–Trinajstić information content (AvgIpc) is 3.97. The molecule has 0 saturated carbocycles. The van der Waals surface area contributed by atoms with E-state index < -0.39 is 35.5 Å². The number of anilines is 5. The summed E-state index contributed by atoms with van der Waals surface area (Å²) in [5, 5.41) is 23.0. The zero-order valence-electron chi connectivity index (χ0n) is 40.4. The number of thiazole rings is 1. The van der Waals surface area contributed by atoms with Crippen LogP contribution in [-0.4, -0.2) is 132 Å². The molecule has 0 spiro atoms. The summed E-state index contributed by atoms with van der Waals surface area (Å²) >= 11 is 14.5. The number of carbonyl (C=O) groups excluding carboxylic acids is 4. The second-order valence-electron chi connectivity index (χ2n) is 18.4. The van der Waals surface area contributed by atoms with Crippen molar-refractivity contribution in [3.05, 3.63) is 93.8 Å². The second kappa shape index (κ2) is 22.2. The Morgan fingerprint density at radius 1 is 0.914 bits per heavy atom. The van der Waals surface area contributed by atoms with Gasteiger partial charge in [-0.2, -0.15) is 0 Å². The van der Waals surface area contributed by atoms with Crippen molar-refractivity contribution in [2.24, 2.45) is 5.41 Å². The topological polar surface area (TPSA) is 207 Å². The SMILES string of the molecule is COc1cc(OC)c(Cl)c(NC(=O)N(C)c2cc(Nc3ccc(N4CCN(CC(=O)N[C@H](C(=O)N5C[C@H](O)C[C@H]5C(=O)N[C@@H](C)c5ccc(-c6scnc6C)cc5)C(C)(C)C)CC4)cc3)ncn2)c1Cl. The lowest BCUT2D eigenvalue weighted by atomic mass is 9.85. The first-order valence-corrected chi connectivity index (χ1v) is 24.4. The quantitative estimate of drug-likeness (QED) is 0.0708. The van der Waals surface area contributed by atoms with Gasteiger partial charge in [0.2, 0.25) is 17.7 Å². The van der Waals surface area contributed by atoms with E-state index in [9.17, 15) is 24.3 Å². The third-order valence-corrected chi connectivity index (χ3v) is 14.1. The lowest BCUT2D eigenvalue weighted by Crippen LogP contribution is -2.59. The van der Waals surface area contributed by atoms with Crippen LogP contribution in [0.5, 0.6) is 11.5 Å². The highest BCUT2D eigenvalue weighted by atomic mass is 35.5. The van der Waals surface area contributed by atoms with Gasteiger partial charge in [0.15, 0.2) is 0 Å². The largest absolute Gasteiger partial charge is 0.495 e. The van der Waals surface area contributed by atoms with Gasteiger partial charge in [0.25, 0.3) is 0 Å². The van der Waals surface area contributed by atoms with E-state index in [1.54, 1.807) is 24.5 Å². The number of urea groups is 1. The minimum absolute atomic E-state index is 0.00900. The summed E-state index contributed by atoms with van der Waals surface area (Å²) in [6, 6.07) is 16.2. The average molecular weight is 1020 g/mol. The number of aromatic nitrogens is 3. The number of likely N-dealkylation sites (tertiary alicyclic amines) is 1. The van der Waals surface area contributed by atoms with Crippen LogP contribution in [0.3, 0.4) is 0 Å². The zero-order chi connectivity index (χ0) is 50.4. The first-order valence-electron chi connectivity index (χ1n) is 22.7. The number of β-amino-alcohol motifs (C(OH)–C–C–N with tert-alkyl or cyclic N) is 1. The highest BCUT2D eigenvalue weighted by molar-refractivity contribution is 7.13. The molecule has 0 radical (unpaired) electrons. The molecule has 5 aromatic rings. The number of benzene rings is 3. The molecule has 5 N–H and O–H groups in total. The van der Waals surface area contributed by atoms with Crippen LogP contribution in [0, 0.1) is 12.3 Å². The molecule has 2 fully saturated rings. The predicted octanol–water partition coefficient (Wildman–Crippen LogP) is 7.14. The van der Waals surface area contributed by atoms with Crippen molar-refractivity contribution in [2.75, 3.05) is 81.0 Å². The van der Waals surface area contributed by atoms with Gasteiger partial charge in [0.05, 0.1) is 54.7 Å². The molecule has 372 valence electrons. The molecule has 21 heteroatoms. The van der Waals surface area contributed by atoms with Gasteiger partial charge in [0, 0.05) is 69.7 Å². The van der Waals surface area contributed by atoms with Crippen molar-refractivity contribution in [1.82, 2.24) is 35.4 Å². The van der Waals surface area contributed by atoms with Crippen LogP contribution in [0.4, 0.5) is 33.5 Å². The van der Waals surface area contributed by atoms with Crippen molar-refractivity contribution >= 4 is 87.0 Å². The molecule has 70 heavy (non-hydrogen) atoms. The van der Waals surface area contributed by atoms with Gasteiger partial charge in [-0.3, -0.25) is 24.2 Å². The number of nitrogens with one attached hydrogen (secondary N) is 4. The molecule has 7 rings (SSSR count). The van der Waals surface area contributed by atoms with E-state index >= 15 is 0 Å². The molecule has 0 aliphatic carbocycles. The number of amides is 5. The number of methoxy groups -OCH3 is 2. The van der Waals surface area contributed by atoms with Crippen molar-refractivity contribution in [1.29, 1.82) is 0 Å². The summed E-state index contributed by atoms with van der Waals surface area (Å²) in [4.78, 5) is 76.0. The van der Waals surface area contributed by atoms with Crippen LogP contribution in [-0.2, 0) is 14.4 Å². The first kappa shape index (κ1) is 51.6. The standard InChI is InChI=1S/C49H59Cl2N11O7S/c1-28(30-9-11-31(12-10-30)44-29(2)54-27-70-44)55-46(65)35-21-34(63)24-62(35)47(66)45(49(3,4)5)57-40(64)25-60-17-19-61(20-18-60)33-15-13-32(14-16-33)56-38-23-39(53-26-52-38)59(6)48(67)58-43-41(50)36(68-7)22-37(69-8)42(43)51/h9-16,22-23,26-28,34-35,45,63H,17-21,24-25H2,1-8H3,(H,55,65)(H,57,64)(H,58,67)(H,52,53,56)/t28-,34+,35-,45+/m0/s1. The molecule has 2 saturated heterocycles. The number of rotatable bonds is 15. The minimum atomic E-state index is -0.933. The highest BCUT2D eigenvalue weighted by Crippen LogP contribution is 2.44. The fourth-order valence-electron chi connectivity index (χ4n) is 8.38. The normalized spacial score (nSPS) is 17.1. The number of ether oxygens (including phenoxy) is 2. The van der Waals surface area contributed by atoms with Crippen molar-refractivity contribution in [3.63, 3.8) is 0 Å². The molecule has 5 amide bonds. The molecular weight excluding hydrogens is 958 g/mol. The molecule has 3 aromatic carbocycles. The zero-order valence-corrected chi connectivity index (χ0v) is 42.7. The Kier molecular flexibility index (Phi) is 16.4. The van der Waals surface area contributed by atoms with Crippen molar-refractivity contribution in [3.8, 4) is 21.9 Å². The van der Waals surface area contributed by atoms with Gasteiger partial charge in [-0.1, -0.05) is 68.2 Å². The Balaban J connectivity index is 0.895. The lowest BCUT2D eigenvalue weighted by Gasteiger charge is -2.37. The van der Waals surface area contributed by atoms with Crippen LogP contribution in [0.15, 0.2) is 72.5 Å². The summed E-state index contributed by atoms with van der Waals surface area (Å²) in [6.45, 7) is 12.1. The number of piperazine rings is 1. The number of aryl methyl sites for hydroxylation is 1. The molecule has 2 aliphatic rings. The van der Waals surface area contributed by atoms with E-state index in [4.69, 9.17) is 32.7 Å². The maximum Gasteiger partial charge on any atom is 0.327 e. The third-order valence-electron chi connectivity index (χ3n) is 12.4. The number of aliphatic hydroxyl groups is 1. The number of halogens is 2. The lowest BCUT2D eigenvalue weighted by molar-refractivity contribution is -0.144. The maximum atomic E-state index is 14.3. The fourth-order valence-corrected chi connectivity index (χ4v) is 9.79. The molecular formula is C49H59Cl2N11O7S. The minimum Gasteiger partial charge on any atom is -0.495 e.